The van der Waals surface area contributed by atoms with Crippen molar-refractivity contribution in [2.45, 2.75) is 25.1 Å². The lowest BCUT2D eigenvalue weighted by Crippen LogP contribution is -2.43. The number of aliphatic hydroxyl groups is 1. The van der Waals surface area contributed by atoms with Crippen LogP contribution in [0.5, 0.6) is 0 Å². The number of aromatic nitrogens is 6. The first kappa shape index (κ1) is 24.6. The first-order chi connectivity index (χ1) is 16.8. The van der Waals surface area contributed by atoms with Crippen LogP contribution in [0.4, 0.5) is 8.78 Å². The van der Waals surface area contributed by atoms with E-state index in [0.29, 0.717) is 16.6 Å². The van der Waals surface area contributed by atoms with Crippen LogP contribution in [0.25, 0.3) is 10.9 Å². The second-order valence-electron chi connectivity index (χ2n) is 7.61. The molecular formula is C23H19ClF2N6O2S. The molecule has 0 saturated heterocycles. The summed E-state index contributed by atoms with van der Waals surface area (Å²) in [4.78, 5) is 24.9. The summed E-state index contributed by atoms with van der Waals surface area (Å²) in [5.74, 6) is -1.73. The van der Waals surface area contributed by atoms with Crippen LogP contribution in [0.2, 0.25) is 5.02 Å². The van der Waals surface area contributed by atoms with E-state index in [0.717, 1.165) is 12.1 Å². The second kappa shape index (κ2) is 10.4. The number of fused-ring (bicyclic) bond motifs is 1. The van der Waals surface area contributed by atoms with Gasteiger partial charge in [-0.2, -0.15) is 5.10 Å². The first-order valence-electron chi connectivity index (χ1n) is 10.3. The number of halogens is 3. The van der Waals surface area contributed by atoms with Crippen LogP contribution in [0, 0.1) is 11.6 Å². The van der Waals surface area contributed by atoms with E-state index in [1.54, 1.807) is 42.1 Å². The van der Waals surface area contributed by atoms with Gasteiger partial charge in [-0.3, -0.25) is 14.3 Å². The fourth-order valence-corrected chi connectivity index (χ4v) is 4.15. The van der Waals surface area contributed by atoms with Crippen LogP contribution in [-0.4, -0.2) is 34.4 Å². The molecule has 2 aromatic carbocycles. The minimum Gasteiger partial charge on any atom is -0.381 e. The van der Waals surface area contributed by atoms with E-state index in [2.05, 4.69) is 20.1 Å². The summed E-state index contributed by atoms with van der Waals surface area (Å²) in [5, 5.41) is 18.2. The number of rotatable bonds is 5. The summed E-state index contributed by atoms with van der Waals surface area (Å²) >= 11 is 7.56. The normalized spacial score (nSPS) is 13.6. The molecule has 0 aliphatic heterocycles. The molecule has 2 atom stereocenters. The number of hydrogen-bond donors (Lipinski definition) is 1. The van der Waals surface area contributed by atoms with Crippen LogP contribution < -0.4 is 5.56 Å². The van der Waals surface area contributed by atoms with Crippen molar-refractivity contribution in [3.8, 4) is 0 Å². The number of nitrogens with zero attached hydrogens (tertiary/aromatic N) is 6. The highest BCUT2D eigenvalue weighted by Crippen LogP contribution is 2.36. The Hall–Kier alpha value is -3.54. The SMILES string of the molecule is CC(n1cnc2cc(Cl)ccc2c1=O)C(O)(Cn1cncn1)c1ccc(F)cc1F.c1cscn1. The topological polar surface area (TPSA) is 98.7 Å². The molecule has 180 valence electrons. The standard InChI is InChI=1S/C20H16ClF2N5O2.C3H3NS/c1-12(28-11-25-18-6-13(21)2-4-15(18)19(28)29)20(30,8-27-10-24-9-26-27)16-5-3-14(22)7-17(16)23;1-2-5-3-4-1/h2-7,9-12,30H,8H2,1H3;1-3H. The minimum atomic E-state index is -1.98. The summed E-state index contributed by atoms with van der Waals surface area (Å²) in [6.45, 7) is 1.31. The van der Waals surface area contributed by atoms with Crippen LogP contribution in [0.15, 0.2) is 77.3 Å². The van der Waals surface area contributed by atoms with Gasteiger partial charge in [-0.05, 0) is 31.2 Å². The summed E-state index contributed by atoms with van der Waals surface area (Å²) in [6, 6.07) is 6.51. The van der Waals surface area contributed by atoms with E-state index in [1.165, 1.54) is 34.3 Å². The Labute approximate surface area is 207 Å². The third-order valence-corrected chi connectivity index (χ3v) is 6.23. The Bertz CT molecular complexity index is 1460. The molecule has 5 rings (SSSR count). The van der Waals surface area contributed by atoms with Gasteiger partial charge in [0.15, 0.2) is 0 Å². The van der Waals surface area contributed by atoms with Crippen molar-refractivity contribution in [2.75, 3.05) is 0 Å². The van der Waals surface area contributed by atoms with Gasteiger partial charge in [0.1, 0.15) is 29.9 Å². The Kier molecular flexibility index (Phi) is 7.29. The minimum absolute atomic E-state index is 0.185. The highest BCUT2D eigenvalue weighted by atomic mass is 35.5. The third kappa shape index (κ3) is 5.26. The number of benzene rings is 2. The van der Waals surface area contributed by atoms with E-state index in [1.807, 2.05) is 5.38 Å². The summed E-state index contributed by atoms with van der Waals surface area (Å²) < 4.78 is 30.7. The zero-order valence-corrected chi connectivity index (χ0v) is 19.9. The molecule has 3 heterocycles. The maximum atomic E-state index is 14.7. The zero-order chi connectivity index (χ0) is 25.0. The van der Waals surface area contributed by atoms with E-state index in [9.17, 15) is 18.7 Å². The lowest BCUT2D eigenvalue weighted by atomic mass is 9.86. The molecule has 0 amide bonds. The fraction of sp³-hybridized carbons (Fsp3) is 0.174. The molecule has 5 aromatic rings. The van der Waals surface area contributed by atoms with Crippen molar-refractivity contribution in [2.24, 2.45) is 0 Å². The molecule has 0 saturated carbocycles. The van der Waals surface area contributed by atoms with Crippen LogP contribution in [0.3, 0.4) is 0 Å². The van der Waals surface area contributed by atoms with E-state index in [-0.39, 0.29) is 17.5 Å². The predicted octanol–water partition coefficient (Wildman–Crippen LogP) is 4.21. The summed E-state index contributed by atoms with van der Waals surface area (Å²) in [5.41, 5.74) is -0.417. The lowest BCUT2D eigenvalue weighted by molar-refractivity contribution is -0.0343. The van der Waals surface area contributed by atoms with Crippen molar-refractivity contribution < 1.29 is 13.9 Å². The average Bonchev–Trinajstić information content (AvgIpc) is 3.56. The van der Waals surface area contributed by atoms with Crippen LogP contribution >= 0.6 is 22.9 Å². The van der Waals surface area contributed by atoms with Gasteiger partial charge in [0.05, 0.1) is 35.3 Å². The summed E-state index contributed by atoms with van der Waals surface area (Å²) in [6.07, 6.45) is 5.65. The molecule has 0 radical (unpaired) electrons. The van der Waals surface area contributed by atoms with Crippen molar-refractivity contribution in [1.82, 2.24) is 29.3 Å². The average molecular weight is 517 g/mol. The third-order valence-electron chi connectivity index (χ3n) is 5.47. The Morgan fingerprint density at radius 2 is 2.00 bits per heavy atom. The molecule has 8 nitrogen and oxygen atoms in total. The van der Waals surface area contributed by atoms with Gasteiger partial charge in [-0.15, -0.1) is 11.3 Å². The molecule has 35 heavy (non-hydrogen) atoms. The van der Waals surface area contributed by atoms with Crippen LogP contribution in [-0.2, 0) is 12.1 Å². The molecule has 12 heteroatoms. The Balaban J connectivity index is 0.000000514. The predicted molar refractivity (Wildman–Crippen MR) is 128 cm³/mol. The smallest absolute Gasteiger partial charge is 0.261 e. The van der Waals surface area contributed by atoms with Crippen molar-refractivity contribution in [1.29, 1.82) is 0 Å². The molecule has 2 unspecified atom stereocenters. The van der Waals surface area contributed by atoms with Crippen molar-refractivity contribution in [3.63, 3.8) is 0 Å². The Morgan fingerprint density at radius 3 is 2.63 bits per heavy atom. The maximum absolute atomic E-state index is 14.7. The highest BCUT2D eigenvalue weighted by molar-refractivity contribution is 7.07. The molecule has 1 N–H and O–H groups in total. The van der Waals surface area contributed by atoms with Crippen molar-refractivity contribution >= 4 is 33.8 Å². The monoisotopic (exact) mass is 516 g/mol. The first-order valence-corrected chi connectivity index (χ1v) is 11.6. The van der Waals surface area contributed by atoms with Gasteiger partial charge in [0, 0.05) is 28.2 Å². The fourth-order valence-electron chi connectivity index (χ4n) is 3.63. The molecule has 0 aliphatic rings. The molecule has 0 fully saturated rings. The quantitative estimate of drug-likeness (QED) is 0.376. The lowest BCUT2D eigenvalue weighted by Gasteiger charge is -2.35. The van der Waals surface area contributed by atoms with E-state index < -0.39 is 28.8 Å². The molecular weight excluding hydrogens is 498 g/mol. The van der Waals surface area contributed by atoms with Gasteiger partial charge in [0.2, 0.25) is 0 Å². The molecule has 3 aromatic heterocycles. The van der Waals surface area contributed by atoms with Gasteiger partial charge in [-0.1, -0.05) is 17.7 Å². The summed E-state index contributed by atoms with van der Waals surface area (Å²) in [7, 11) is 0. The highest BCUT2D eigenvalue weighted by Gasteiger charge is 2.41. The van der Waals surface area contributed by atoms with Gasteiger partial charge >= 0.3 is 0 Å². The molecule has 0 bridgehead atoms. The van der Waals surface area contributed by atoms with E-state index >= 15 is 0 Å². The van der Waals surface area contributed by atoms with Gasteiger partial charge < -0.3 is 5.11 Å². The van der Waals surface area contributed by atoms with E-state index in [4.69, 9.17) is 11.6 Å². The second-order valence-corrected chi connectivity index (χ2v) is 8.80. The van der Waals surface area contributed by atoms with Gasteiger partial charge in [-0.25, -0.2) is 23.4 Å². The van der Waals surface area contributed by atoms with Crippen LogP contribution in [0.1, 0.15) is 18.5 Å². The zero-order valence-electron chi connectivity index (χ0n) is 18.3. The largest absolute Gasteiger partial charge is 0.381 e. The molecule has 0 aliphatic carbocycles. The molecule has 0 spiro atoms. The maximum Gasteiger partial charge on any atom is 0.261 e. The number of thiazole rings is 1. The van der Waals surface area contributed by atoms with Crippen molar-refractivity contribution in [3.05, 3.63) is 105 Å². The van der Waals surface area contributed by atoms with Gasteiger partial charge in [0.25, 0.3) is 5.56 Å². The number of hydrogen-bond acceptors (Lipinski definition) is 7. The Morgan fingerprint density at radius 1 is 1.17 bits per heavy atom.